The minimum absolute atomic E-state index is 0.00367. The van der Waals surface area contributed by atoms with Gasteiger partial charge in [0.05, 0.1) is 6.61 Å². The van der Waals surface area contributed by atoms with Crippen molar-refractivity contribution in [2.75, 3.05) is 6.61 Å². The highest BCUT2D eigenvalue weighted by Gasteiger charge is 2.15. The summed E-state index contributed by atoms with van der Waals surface area (Å²) >= 11 is 0. The van der Waals surface area contributed by atoms with E-state index in [1.54, 1.807) is 6.92 Å². The van der Waals surface area contributed by atoms with Gasteiger partial charge >= 0.3 is 0 Å². The zero-order valence-corrected chi connectivity index (χ0v) is 18.5. The lowest BCUT2D eigenvalue weighted by molar-refractivity contribution is 0.302. The molecule has 0 aliphatic carbocycles. The van der Waals surface area contributed by atoms with Crippen LogP contribution < -0.4 is 4.74 Å². The van der Waals surface area contributed by atoms with Gasteiger partial charge in [-0.3, -0.25) is 0 Å². The first kappa shape index (κ1) is 23.8. The maximum atomic E-state index is 14.6. The fraction of sp³-hybridized carbons (Fsp3) is 0.333. The molecule has 3 rings (SSSR count). The summed E-state index contributed by atoms with van der Waals surface area (Å²) in [6.45, 7) is 3.90. The van der Waals surface area contributed by atoms with Gasteiger partial charge < -0.3 is 4.74 Å². The lowest BCUT2D eigenvalue weighted by Gasteiger charge is -2.11. The zero-order valence-electron chi connectivity index (χ0n) is 18.5. The van der Waals surface area contributed by atoms with Crippen LogP contribution in [0.4, 0.5) is 17.6 Å². The summed E-state index contributed by atoms with van der Waals surface area (Å²) < 4.78 is 62.1. The summed E-state index contributed by atoms with van der Waals surface area (Å²) in [7, 11) is 0. The molecule has 0 radical (unpaired) electrons. The summed E-state index contributed by atoms with van der Waals surface area (Å²) in [6.07, 6.45) is 3.45. The normalized spacial score (nSPS) is 11.1. The minimum Gasteiger partial charge on any atom is -0.488 e. The molecule has 32 heavy (non-hydrogen) atoms. The molecule has 170 valence electrons. The molecular formula is C27H28F4O. The maximum Gasteiger partial charge on any atom is 0.190 e. The highest BCUT2D eigenvalue weighted by atomic mass is 19.1. The van der Waals surface area contributed by atoms with Gasteiger partial charge in [-0.1, -0.05) is 37.6 Å². The molecule has 0 bridgehead atoms. The SMILES string of the molecule is CCCc1ccc(CCc2cc(F)c(CCc3cc(F)c(OCC)c(F)c3)c(F)c2)cc1. The first-order valence-corrected chi connectivity index (χ1v) is 11.1. The molecular weight excluding hydrogens is 416 g/mol. The summed E-state index contributed by atoms with van der Waals surface area (Å²) in [5.74, 6) is -3.34. The number of hydrogen-bond donors (Lipinski definition) is 0. The van der Waals surface area contributed by atoms with E-state index in [9.17, 15) is 17.6 Å². The number of rotatable bonds is 10. The monoisotopic (exact) mass is 444 g/mol. The molecule has 0 saturated heterocycles. The van der Waals surface area contributed by atoms with Crippen LogP contribution in [0.15, 0.2) is 48.5 Å². The van der Waals surface area contributed by atoms with Crippen molar-refractivity contribution in [1.82, 2.24) is 0 Å². The van der Waals surface area contributed by atoms with Crippen LogP contribution in [0.2, 0.25) is 0 Å². The molecule has 0 fully saturated rings. The second-order valence-corrected chi connectivity index (χ2v) is 7.93. The van der Waals surface area contributed by atoms with Gasteiger partial charge in [-0.15, -0.1) is 0 Å². The molecule has 0 aliphatic heterocycles. The van der Waals surface area contributed by atoms with Crippen LogP contribution in [0.1, 0.15) is 48.1 Å². The van der Waals surface area contributed by atoms with Crippen LogP contribution in [0.25, 0.3) is 0 Å². The van der Waals surface area contributed by atoms with Gasteiger partial charge in [0.1, 0.15) is 11.6 Å². The number of benzene rings is 3. The molecule has 0 aromatic heterocycles. The van der Waals surface area contributed by atoms with E-state index < -0.39 is 29.0 Å². The van der Waals surface area contributed by atoms with Crippen LogP contribution in [-0.2, 0) is 32.1 Å². The molecule has 0 atom stereocenters. The average Bonchev–Trinajstić information content (AvgIpc) is 2.75. The van der Waals surface area contributed by atoms with E-state index in [2.05, 4.69) is 31.2 Å². The van der Waals surface area contributed by atoms with Crippen molar-refractivity contribution in [1.29, 1.82) is 0 Å². The van der Waals surface area contributed by atoms with Gasteiger partial charge in [0, 0.05) is 5.56 Å². The molecule has 0 unspecified atom stereocenters. The molecule has 1 nitrogen and oxygen atoms in total. The fourth-order valence-electron chi connectivity index (χ4n) is 3.80. The summed E-state index contributed by atoms with van der Waals surface area (Å²) in [6, 6.07) is 13.3. The lowest BCUT2D eigenvalue weighted by atomic mass is 9.98. The van der Waals surface area contributed by atoms with Crippen LogP contribution in [-0.4, -0.2) is 6.61 Å². The first-order valence-electron chi connectivity index (χ1n) is 11.1. The third-order valence-electron chi connectivity index (χ3n) is 5.48. The molecule has 3 aromatic rings. The van der Waals surface area contributed by atoms with Crippen molar-refractivity contribution in [2.24, 2.45) is 0 Å². The summed E-state index contributed by atoms with van der Waals surface area (Å²) in [5.41, 5.74) is 3.23. The predicted molar refractivity (Wildman–Crippen MR) is 119 cm³/mol. The highest BCUT2D eigenvalue weighted by Crippen LogP contribution is 2.25. The standard InChI is InChI=1S/C27H28F4O/c1-3-5-18-6-8-19(9-7-18)10-11-20-14-23(28)22(24(29)15-20)13-12-21-16-25(30)27(32-4-2)26(31)17-21/h6-9,14-17H,3-5,10-13H2,1-2H3. The molecule has 0 amide bonds. The van der Waals surface area contributed by atoms with Gasteiger partial charge in [-0.05, 0) is 85.5 Å². The van der Waals surface area contributed by atoms with Gasteiger partial charge in [0.2, 0.25) is 0 Å². The lowest BCUT2D eigenvalue weighted by Crippen LogP contribution is -2.04. The van der Waals surface area contributed by atoms with E-state index in [4.69, 9.17) is 4.74 Å². The van der Waals surface area contributed by atoms with Crippen molar-refractivity contribution in [3.63, 3.8) is 0 Å². The zero-order chi connectivity index (χ0) is 23.1. The Morgan fingerprint density at radius 1 is 0.562 bits per heavy atom. The Kier molecular flexibility index (Phi) is 8.32. The Balaban J connectivity index is 1.64. The van der Waals surface area contributed by atoms with Crippen LogP contribution in [0.5, 0.6) is 5.75 Å². The Hall–Kier alpha value is -2.82. The third-order valence-corrected chi connectivity index (χ3v) is 5.48. The van der Waals surface area contributed by atoms with Crippen molar-refractivity contribution >= 4 is 0 Å². The number of halogens is 4. The van der Waals surface area contributed by atoms with E-state index in [-0.39, 0.29) is 25.0 Å². The van der Waals surface area contributed by atoms with E-state index in [0.29, 0.717) is 24.0 Å². The van der Waals surface area contributed by atoms with E-state index in [0.717, 1.165) is 30.5 Å². The highest BCUT2D eigenvalue weighted by molar-refractivity contribution is 5.33. The molecule has 5 heteroatoms. The second-order valence-electron chi connectivity index (χ2n) is 7.93. The van der Waals surface area contributed by atoms with Crippen LogP contribution >= 0.6 is 0 Å². The average molecular weight is 445 g/mol. The molecule has 0 saturated carbocycles. The van der Waals surface area contributed by atoms with E-state index in [1.165, 1.54) is 17.7 Å². The topological polar surface area (TPSA) is 9.23 Å². The number of ether oxygens (including phenoxy) is 1. The summed E-state index contributed by atoms with van der Waals surface area (Å²) in [5, 5.41) is 0. The Morgan fingerprint density at radius 3 is 1.50 bits per heavy atom. The first-order chi connectivity index (χ1) is 15.4. The Labute approximate surface area is 187 Å². The van der Waals surface area contributed by atoms with Crippen molar-refractivity contribution in [3.05, 3.63) is 99.6 Å². The van der Waals surface area contributed by atoms with E-state index in [1.807, 2.05) is 0 Å². The molecule has 0 N–H and O–H groups in total. The van der Waals surface area contributed by atoms with Gasteiger partial charge in [-0.2, -0.15) is 0 Å². The third kappa shape index (κ3) is 6.12. The quantitative estimate of drug-likeness (QED) is 0.301. The minimum atomic E-state index is -0.819. The van der Waals surface area contributed by atoms with Crippen LogP contribution in [0, 0.1) is 23.3 Å². The second kappa shape index (κ2) is 11.2. The van der Waals surface area contributed by atoms with Crippen molar-refractivity contribution < 1.29 is 22.3 Å². The van der Waals surface area contributed by atoms with Gasteiger partial charge in [0.15, 0.2) is 17.4 Å². The number of hydrogen-bond acceptors (Lipinski definition) is 1. The maximum absolute atomic E-state index is 14.6. The molecule has 0 aliphatic rings. The largest absolute Gasteiger partial charge is 0.488 e. The van der Waals surface area contributed by atoms with E-state index >= 15 is 0 Å². The van der Waals surface area contributed by atoms with Crippen molar-refractivity contribution in [2.45, 2.75) is 52.4 Å². The Morgan fingerprint density at radius 2 is 1.00 bits per heavy atom. The fourth-order valence-corrected chi connectivity index (χ4v) is 3.80. The molecule has 0 heterocycles. The van der Waals surface area contributed by atoms with Gasteiger partial charge in [0.25, 0.3) is 0 Å². The molecule has 3 aromatic carbocycles. The smallest absolute Gasteiger partial charge is 0.190 e. The summed E-state index contributed by atoms with van der Waals surface area (Å²) in [4.78, 5) is 0. The predicted octanol–water partition coefficient (Wildman–Crippen LogP) is 7.16. The Bertz CT molecular complexity index is 998. The number of aryl methyl sites for hydroxylation is 4. The van der Waals surface area contributed by atoms with Crippen LogP contribution in [0.3, 0.4) is 0 Å². The molecule has 0 spiro atoms. The van der Waals surface area contributed by atoms with Crippen molar-refractivity contribution in [3.8, 4) is 5.75 Å². The van der Waals surface area contributed by atoms with Gasteiger partial charge in [-0.25, -0.2) is 17.6 Å².